The first kappa shape index (κ1) is 23.2. The summed E-state index contributed by atoms with van der Waals surface area (Å²) in [6.45, 7) is 8.30. The molecule has 0 saturated heterocycles. The van der Waals surface area contributed by atoms with Gasteiger partial charge in [0.25, 0.3) is 0 Å². The van der Waals surface area contributed by atoms with Crippen LogP contribution in [0.25, 0.3) is 0 Å². The van der Waals surface area contributed by atoms with Gasteiger partial charge in [-0.15, -0.1) is 0 Å². The van der Waals surface area contributed by atoms with Gasteiger partial charge in [0.05, 0.1) is 31.0 Å². The zero-order valence-electron chi connectivity index (χ0n) is 19.2. The Bertz CT molecular complexity index is 1030. The van der Waals surface area contributed by atoms with Crippen molar-refractivity contribution < 1.29 is 23.8 Å². The van der Waals surface area contributed by atoms with Gasteiger partial charge in [0.15, 0.2) is 0 Å². The number of hydrogen-bond acceptors (Lipinski definition) is 5. The van der Waals surface area contributed by atoms with Crippen molar-refractivity contribution in [2.24, 2.45) is 0 Å². The highest BCUT2D eigenvalue weighted by Gasteiger charge is 2.38. The summed E-state index contributed by atoms with van der Waals surface area (Å²) in [7, 11) is 1.57. The molecule has 32 heavy (non-hydrogen) atoms. The molecule has 2 aromatic rings. The zero-order valence-corrected chi connectivity index (χ0v) is 19.2. The number of carbonyl (C=O) groups excluding carboxylic acids is 2. The minimum Gasteiger partial charge on any atom is -0.497 e. The molecule has 7 nitrogen and oxygen atoms in total. The third kappa shape index (κ3) is 4.88. The van der Waals surface area contributed by atoms with Gasteiger partial charge in [0.2, 0.25) is 0 Å². The van der Waals surface area contributed by atoms with E-state index in [4.69, 9.17) is 14.2 Å². The predicted molar refractivity (Wildman–Crippen MR) is 122 cm³/mol. The number of amides is 2. The molecule has 3 rings (SSSR count). The SMILES string of the molecule is CCOC(=O)C1=C(COc2ccc(C)c(C)c2)N(CC)C(=O)NC1c1cccc(OC)c1. The summed E-state index contributed by atoms with van der Waals surface area (Å²) in [5.41, 5.74) is 3.82. The molecule has 2 aromatic carbocycles. The Kier molecular flexibility index (Phi) is 7.41. The van der Waals surface area contributed by atoms with Gasteiger partial charge in [0.1, 0.15) is 18.1 Å². The highest BCUT2D eigenvalue weighted by Crippen LogP contribution is 2.33. The number of nitrogens with one attached hydrogen (secondary N) is 1. The first-order valence-corrected chi connectivity index (χ1v) is 10.7. The molecule has 1 atom stereocenters. The minimum atomic E-state index is -0.683. The van der Waals surface area contributed by atoms with E-state index in [-0.39, 0.29) is 19.2 Å². The van der Waals surface area contributed by atoms with Gasteiger partial charge in [0, 0.05) is 6.54 Å². The van der Waals surface area contributed by atoms with Gasteiger partial charge in [-0.1, -0.05) is 18.2 Å². The quantitative estimate of drug-likeness (QED) is 0.622. The van der Waals surface area contributed by atoms with Crippen molar-refractivity contribution in [3.8, 4) is 11.5 Å². The van der Waals surface area contributed by atoms with Crippen LogP contribution in [0.15, 0.2) is 53.7 Å². The van der Waals surface area contributed by atoms with Crippen LogP contribution < -0.4 is 14.8 Å². The summed E-state index contributed by atoms with van der Waals surface area (Å²) in [4.78, 5) is 27.5. The molecule has 0 fully saturated rings. The predicted octanol–water partition coefficient (Wildman–Crippen LogP) is 4.29. The summed E-state index contributed by atoms with van der Waals surface area (Å²) < 4.78 is 16.7. The third-order valence-electron chi connectivity index (χ3n) is 5.53. The number of hydrogen-bond donors (Lipinski definition) is 1. The Labute approximate surface area is 189 Å². The van der Waals surface area contributed by atoms with Crippen LogP contribution in [0.4, 0.5) is 4.79 Å². The molecule has 0 aliphatic carbocycles. The van der Waals surface area contributed by atoms with Crippen LogP contribution >= 0.6 is 0 Å². The van der Waals surface area contributed by atoms with Crippen molar-refractivity contribution in [2.45, 2.75) is 33.7 Å². The number of esters is 1. The largest absolute Gasteiger partial charge is 0.497 e. The number of likely N-dealkylation sites (N-methyl/N-ethyl adjacent to an activating group) is 1. The molecule has 0 saturated carbocycles. The van der Waals surface area contributed by atoms with E-state index in [0.29, 0.717) is 29.3 Å². The Morgan fingerprint density at radius 3 is 2.50 bits per heavy atom. The van der Waals surface area contributed by atoms with Crippen LogP contribution in [-0.4, -0.2) is 43.8 Å². The fourth-order valence-corrected chi connectivity index (χ4v) is 3.67. The Morgan fingerprint density at radius 1 is 1.06 bits per heavy atom. The third-order valence-corrected chi connectivity index (χ3v) is 5.53. The molecule has 0 bridgehead atoms. The topological polar surface area (TPSA) is 77.1 Å². The summed E-state index contributed by atoms with van der Waals surface area (Å²) in [5, 5.41) is 2.94. The van der Waals surface area contributed by atoms with Crippen LogP contribution in [0.5, 0.6) is 11.5 Å². The van der Waals surface area contributed by atoms with E-state index >= 15 is 0 Å². The van der Waals surface area contributed by atoms with Crippen molar-refractivity contribution in [1.29, 1.82) is 0 Å². The molecule has 0 radical (unpaired) electrons. The van der Waals surface area contributed by atoms with Gasteiger partial charge in [-0.3, -0.25) is 4.90 Å². The van der Waals surface area contributed by atoms with E-state index in [1.54, 1.807) is 20.1 Å². The molecule has 7 heteroatoms. The molecule has 0 aromatic heterocycles. The summed E-state index contributed by atoms with van der Waals surface area (Å²) in [6.07, 6.45) is 0. The van der Waals surface area contributed by atoms with E-state index < -0.39 is 12.0 Å². The molecule has 1 aliphatic rings. The summed E-state index contributed by atoms with van der Waals surface area (Å²) >= 11 is 0. The minimum absolute atomic E-state index is 0.0539. The van der Waals surface area contributed by atoms with Crippen molar-refractivity contribution in [3.63, 3.8) is 0 Å². The lowest BCUT2D eigenvalue weighted by Gasteiger charge is -2.36. The van der Waals surface area contributed by atoms with E-state index in [9.17, 15) is 9.59 Å². The molecule has 1 unspecified atom stereocenters. The molecular weight excluding hydrogens is 408 g/mol. The van der Waals surface area contributed by atoms with Gasteiger partial charge >= 0.3 is 12.0 Å². The van der Waals surface area contributed by atoms with Gasteiger partial charge in [-0.25, -0.2) is 9.59 Å². The smallest absolute Gasteiger partial charge is 0.338 e. The lowest BCUT2D eigenvalue weighted by atomic mass is 9.94. The van der Waals surface area contributed by atoms with E-state index in [1.807, 2.05) is 57.2 Å². The Morgan fingerprint density at radius 2 is 1.84 bits per heavy atom. The van der Waals surface area contributed by atoms with Gasteiger partial charge < -0.3 is 19.5 Å². The Balaban J connectivity index is 2.07. The number of aryl methyl sites for hydroxylation is 2. The molecule has 1 N–H and O–H groups in total. The maximum atomic E-state index is 13.1. The monoisotopic (exact) mass is 438 g/mol. The second kappa shape index (κ2) is 10.2. The van der Waals surface area contributed by atoms with Gasteiger partial charge in [-0.2, -0.15) is 0 Å². The highest BCUT2D eigenvalue weighted by molar-refractivity contribution is 5.95. The molecule has 2 amide bonds. The van der Waals surface area contributed by atoms with Crippen molar-refractivity contribution in [1.82, 2.24) is 10.2 Å². The normalized spacial score (nSPS) is 16.0. The van der Waals surface area contributed by atoms with Crippen LogP contribution in [0, 0.1) is 13.8 Å². The second-order valence-corrected chi connectivity index (χ2v) is 7.52. The number of rotatable bonds is 8. The van der Waals surface area contributed by atoms with Crippen molar-refractivity contribution in [2.75, 3.05) is 26.9 Å². The first-order chi connectivity index (χ1) is 15.4. The zero-order chi connectivity index (χ0) is 23.3. The lowest BCUT2D eigenvalue weighted by Crippen LogP contribution is -2.49. The van der Waals surface area contributed by atoms with Crippen LogP contribution in [0.3, 0.4) is 0 Å². The number of nitrogens with zero attached hydrogens (tertiary/aromatic N) is 1. The molecular formula is C25H30N2O5. The average molecular weight is 439 g/mol. The molecule has 170 valence electrons. The highest BCUT2D eigenvalue weighted by atomic mass is 16.5. The maximum Gasteiger partial charge on any atom is 0.338 e. The number of methoxy groups -OCH3 is 1. The van der Waals surface area contributed by atoms with Gasteiger partial charge in [-0.05, 0) is 68.7 Å². The summed E-state index contributed by atoms with van der Waals surface area (Å²) in [5.74, 6) is 0.812. The fourth-order valence-electron chi connectivity index (χ4n) is 3.67. The molecule has 1 aliphatic heterocycles. The van der Waals surface area contributed by atoms with Crippen LogP contribution in [0.2, 0.25) is 0 Å². The number of benzene rings is 2. The van der Waals surface area contributed by atoms with E-state index in [1.165, 1.54) is 4.90 Å². The van der Waals surface area contributed by atoms with E-state index in [0.717, 1.165) is 16.7 Å². The summed E-state index contributed by atoms with van der Waals surface area (Å²) in [6, 6.07) is 12.1. The molecule has 1 heterocycles. The number of carbonyl (C=O) groups is 2. The van der Waals surface area contributed by atoms with Crippen LogP contribution in [-0.2, 0) is 9.53 Å². The van der Waals surface area contributed by atoms with Crippen LogP contribution in [0.1, 0.15) is 36.6 Å². The second-order valence-electron chi connectivity index (χ2n) is 7.52. The van der Waals surface area contributed by atoms with Crippen molar-refractivity contribution in [3.05, 3.63) is 70.4 Å². The number of ether oxygens (including phenoxy) is 3. The Hall–Kier alpha value is -3.48. The molecule has 0 spiro atoms. The van der Waals surface area contributed by atoms with E-state index in [2.05, 4.69) is 5.32 Å². The first-order valence-electron chi connectivity index (χ1n) is 10.7. The number of urea groups is 1. The maximum absolute atomic E-state index is 13.1. The standard InChI is InChI=1S/C25H30N2O5/c1-6-27-21(15-32-20-12-11-16(3)17(4)13-20)22(24(28)31-7-2)23(26-25(27)29)18-9-8-10-19(14-18)30-5/h8-14,23H,6-7,15H2,1-5H3,(H,26,29). The fraction of sp³-hybridized carbons (Fsp3) is 0.360. The average Bonchev–Trinajstić information content (AvgIpc) is 2.79. The van der Waals surface area contributed by atoms with Crippen molar-refractivity contribution >= 4 is 12.0 Å². The lowest BCUT2D eigenvalue weighted by molar-refractivity contribution is -0.139.